The molecule has 0 aliphatic carbocycles. The summed E-state index contributed by atoms with van der Waals surface area (Å²) in [6.07, 6.45) is 0. The lowest BCUT2D eigenvalue weighted by molar-refractivity contribution is -0.141. The van der Waals surface area contributed by atoms with Crippen LogP contribution in [0.25, 0.3) is 10.6 Å². The molecule has 0 saturated heterocycles. The van der Waals surface area contributed by atoms with Crippen molar-refractivity contribution in [1.29, 1.82) is 0 Å². The number of hydrogen-bond acceptors (Lipinski definition) is 9. The van der Waals surface area contributed by atoms with Gasteiger partial charge in [-0.3, -0.25) is 4.79 Å². The van der Waals surface area contributed by atoms with Gasteiger partial charge in [0.1, 0.15) is 11.6 Å². The Morgan fingerprint density at radius 1 is 1.10 bits per heavy atom. The third-order valence-corrected chi connectivity index (χ3v) is 5.59. The second-order valence-electron chi connectivity index (χ2n) is 6.07. The Bertz CT molecular complexity index is 987. The summed E-state index contributed by atoms with van der Waals surface area (Å²) >= 11 is 2.71. The van der Waals surface area contributed by atoms with E-state index in [1.54, 1.807) is 14.2 Å². The average molecular weight is 432 g/mol. The van der Waals surface area contributed by atoms with Crippen LogP contribution < -0.4 is 9.47 Å². The molecule has 1 aromatic carbocycles. The van der Waals surface area contributed by atoms with Gasteiger partial charge in [-0.15, -0.1) is 11.3 Å². The van der Waals surface area contributed by atoms with Gasteiger partial charge in [0.2, 0.25) is 0 Å². The molecule has 9 heteroatoms. The molecule has 0 fully saturated rings. The molecule has 0 saturated carbocycles. The van der Waals surface area contributed by atoms with E-state index in [4.69, 9.17) is 14.2 Å². The van der Waals surface area contributed by atoms with Crippen LogP contribution >= 0.6 is 23.1 Å². The van der Waals surface area contributed by atoms with Crippen LogP contribution in [-0.4, -0.2) is 40.9 Å². The number of thioether (sulfide) groups is 1. The predicted octanol–water partition coefficient (Wildman–Crippen LogP) is 4.07. The van der Waals surface area contributed by atoms with E-state index in [2.05, 4.69) is 15.0 Å². The molecular formula is C20H21N3O4S2. The van der Waals surface area contributed by atoms with Crippen molar-refractivity contribution >= 4 is 29.1 Å². The van der Waals surface area contributed by atoms with Crippen molar-refractivity contribution in [3.05, 3.63) is 46.7 Å². The van der Waals surface area contributed by atoms with Crippen molar-refractivity contribution in [3.8, 4) is 22.1 Å². The Hall–Kier alpha value is -2.65. The molecule has 0 radical (unpaired) electrons. The first-order valence-electron chi connectivity index (χ1n) is 8.76. The topological polar surface area (TPSA) is 83.4 Å². The van der Waals surface area contributed by atoms with Crippen LogP contribution in [0, 0.1) is 13.8 Å². The van der Waals surface area contributed by atoms with Gasteiger partial charge in [0.15, 0.2) is 16.7 Å². The summed E-state index contributed by atoms with van der Waals surface area (Å²) in [5.74, 6) is 1.06. The van der Waals surface area contributed by atoms with Crippen molar-refractivity contribution in [2.75, 3.05) is 20.0 Å². The minimum absolute atomic E-state index is 0.107. The molecule has 29 heavy (non-hydrogen) atoms. The number of thiazole rings is 1. The number of esters is 1. The summed E-state index contributed by atoms with van der Waals surface area (Å²) in [7, 11) is 3.18. The Labute approximate surface area is 177 Å². The van der Waals surface area contributed by atoms with Crippen molar-refractivity contribution < 1.29 is 19.0 Å². The molecule has 7 nitrogen and oxygen atoms in total. The molecule has 3 rings (SSSR count). The number of ether oxygens (including phenoxy) is 3. The Kier molecular flexibility index (Phi) is 7.05. The number of aryl methyl sites for hydroxylation is 2. The van der Waals surface area contributed by atoms with E-state index < -0.39 is 0 Å². The van der Waals surface area contributed by atoms with Gasteiger partial charge in [-0.1, -0.05) is 17.8 Å². The summed E-state index contributed by atoms with van der Waals surface area (Å²) in [5, 5.41) is 3.20. The summed E-state index contributed by atoms with van der Waals surface area (Å²) in [4.78, 5) is 25.2. The van der Waals surface area contributed by atoms with Crippen LogP contribution in [0.15, 0.2) is 34.8 Å². The predicted molar refractivity (Wildman–Crippen MR) is 113 cm³/mol. The molecule has 0 N–H and O–H groups in total. The maximum atomic E-state index is 12.1. The van der Waals surface area contributed by atoms with Crippen LogP contribution in [-0.2, 0) is 16.1 Å². The minimum atomic E-state index is -0.341. The highest BCUT2D eigenvalue weighted by atomic mass is 32.2. The molecule has 0 aliphatic heterocycles. The van der Waals surface area contributed by atoms with Gasteiger partial charge in [0, 0.05) is 16.8 Å². The number of nitrogens with zero attached hydrogens (tertiary/aromatic N) is 3. The van der Waals surface area contributed by atoms with E-state index in [0.717, 1.165) is 22.0 Å². The fraction of sp³-hybridized carbons (Fsp3) is 0.300. The zero-order valence-electron chi connectivity index (χ0n) is 16.6. The van der Waals surface area contributed by atoms with Crippen molar-refractivity contribution in [1.82, 2.24) is 15.0 Å². The molecule has 0 unspecified atom stereocenters. The van der Waals surface area contributed by atoms with Crippen molar-refractivity contribution in [3.63, 3.8) is 0 Å². The molecular weight excluding hydrogens is 410 g/mol. The van der Waals surface area contributed by atoms with Crippen molar-refractivity contribution in [2.24, 2.45) is 0 Å². The third-order valence-electron chi connectivity index (χ3n) is 3.85. The molecule has 0 atom stereocenters. The number of carbonyl (C=O) groups is 1. The minimum Gasteiger partial charge on any atom is -0.493 e. The van der Waals surface area contributed by atoms with Gasteiger partial charge in [0.05, 0.1) is 31.2 Å². The summed E-state index contributed by atoms with van der Waals surface area (Å²) < 4.78 is 16.1. The van der Waals surface area contributed by atoms with E-state index >= 15 is 0 Å². The summed E-state index contributed by atoms with van der Waals surface area (Å²) in [5.41, 5.74) is 3.25. The Morgan fingerprint density at radius 2 is 1.86 bits per heavy atom. The van der Waals surface area contributed by atoms with Gasteiger partial charge < -0.3 is 14.2 Å². The number of hydrogen-bond donors (Lipinski definition) is 0. The van der Waals surface area contributed by atoms with E-state index in [1.807, 2.05) is 43.5 Å². The lowest BCUT2D eigenvalue weighted by Crippen LogP contribution is -2.08. The molecule has 0 aliphatic rings. The SMILES string of the molecule is COc1cccc(-c2nc(COC(=O)CSc3nc(C)cc(C)n3)cs2)c1OC. The number of carbonyl (C=O) groups excluding carboxylic acids is 1. The molecule has 152 valence electrons. The van der Waals surface area contributed by atoms with Crippen LogP contribution in [0.5, 0.6) is 11.5 Å². The van der Waals surface area contributed by atoms with Crippen LogP contribution in [0.4, 0.5) is 0 Å². The number of methoxy groups -OCH3 is 2. The van der Waals surface area contributed by atoms with Gasteiger partial charge in [-0.2, -0.15) is 0 Å². The number of rotatable bonds is 8. The Balaban J connectivity index is 1.59. The van der Waals surface area contributed by atoms with Gasteiger partial charge in [-0.25, -0.2) is 15.0 Å². The molecule has 0 spiro atoms. The highest BCUT2D eigenvalue weighted by molar-refractivity contribution is 7.99. The second-order valence-corrected chi connectivity index (χ2v) is 7.87. The molecule has 2 aromatic heterocycles. The first-order valence-corrected chi connectivity index (χ1v) is 10.6. The second kappa shape index (κ2) is 9.71. The molecule has 0 amide bonds. The highest BCUT2D eigenvalue weighted by Gasteiger charge is 2.15. The smallest absolute Gasteiger partial charge is 0.316 e. The monoisotopic (exact) mass is 431 g/mol. The van der Waals surface area contributed by atoms with E-state index in [0.29, 0.717) is 22.3 Å². The maximum Gasteiger partial charge on any atom is 0.316 e. The maximum absolute atomic E-state index is 12.1. The van der Waals surface area contributed by atoms with Gasteiger partial charge in [-0.05, 0) is 32.0 Å². The Morgan fingerprint density at radius 3 is 2.55 bits per heavy atom. The first kappa shape index (κ1) is 21.1. The molecule has 3 aromatic rings. The summed E-state index contributed by atoms with van der Waals surface area (Å²) in [6.45, 7) is 3.90. The van der Waals surface area contributed by atoms with Crippen LogP contribution in [0.3, 0.4) is 0 Å². The molecule has 0 bridgehead atoms. The van der Waals surface area contributed by atoms with Gasteiger partial charge in [0.25, 0.3) is 0 Å². The average Bonchev–Trinajstić information content (AvgIpc) is 3.18. The molecule has 2 heterocycles. The zero-order valence-corrected chi connectivity index (χ0v) is 18.2. The van der Waals surface area contributed by atoms with E-state index in [1.165, 1.54) is 23.1 Å². The quantitative estimate of drug-likeness (QED) is 0.300. The van der Waals surface area contributed by atoms with Crippen molar-refractivity contribution in [2.45, 2.75) is 25.6 Å². The fourth-order valence-electron chi connectivity index (χ4n) is 2.63. The van der Waals surface area contributed by atoms with E-state index in [-0.39, 0.29) is 18.3 Å². The lowest BCUT2D eigenvalue weighted by atomic mass is 10.2. The number of aromatic nitrogens is 3. The number of benzene rings is 1. The largest absolute Gasteiger partial charge is 0.493 e. The highest BCUT2D eigenvalue weighted by Crippen LogP contribution is 2.39. The van der Waals surface area contributed by atoms with E-state index in [9.17, 15) is 4.79 Å². The lowest BCUT2D eigenvalue weighted by Gasteiger charge is -2.10. The first-order chi connectivity index (χ1) is 14.0. The summed E-state index contributed by atoms with van der Waals surface area (Å²) in [6, 6.07) is 7.51. The third kappa shape index (κ3) is 5.45. The standard InChI is InChI=1S/C20H21N3O4S2/c1-12-8-13(2)22-20(21-12)29-11-17(24)27-9-14-10-28-19(23-14)15-6-5-7-16(25-3)18(15)26-4/h5-8,10H,9,11H2,1-4H3. The van der Waals surface area contributed by atoms with Crippen LogP contribution in [0.1, 0.15) is 17.1 Å². The fourth-order valence-corrected chi connectivity index (χ4v) is 4.20. The van der Waals surface area contributed by atoms with Crippen LogP contribution in [0.2, 0.25) is 0 Å². The number of para-hydroxylation sites is 1. The normalized spacial score (nSPS) is 10.6. The zero-order chi connectivity index (χ0) is 20.8. The van der Waals surface area contributed by atoms with Gasteiger partial charge >= 0.3 is 5.97 Å².